The SMILES string of the molecule is Cc1ccc(Cl)c([C@H](N)C2CCCC2)c1F.Cl. The van der Waals surface area contributed by atoms with Gasteiger partial charge in [-0.1, -0.05) is 30.5 Å². The third-order valence-corrected chi connectivity index (χ3v) is 3.89. The molecular weight excluding hydrogens is 260 g/mol. The maximum absolute atomic E-state index is 14.0. The fraction of sp³-hybridized carbons (Fsp3) is 0.538. The van der Waals surface area contributed by atoms with Gasteiger partial charge in [-0.05, 0) is 37.3 Å². The molecule has 1 saturated carbocycles. The van der Waals surface area contributed by atoms with Crippen LogP contribution < -0.4 is 5.73 Å². The lowest BCUT2D eigenvalue weighted by atomic mass is 9.91. The largest absolute Gasteiger partial charge is 0.324 e. The van der Waals surface area contributed by atoms with Crippen molar-refractivity contribution in [3.8, 4) is 0 Å². The number of nitrogens with two attached hydrogens (primary N) is 1. The van der Waals surface area contributed by atoms with Gasteiger partial charge >= 0.3 is 0 Å². The number of hydrogen-bond acceptors (Lipinski definition) is 1. The normalized spacial score (nSPS) is 17.9. The minimum absolute atomic E-state index is 0. The van der Waals surface area contributed by atoms with Crippen molar-refractivity contribution >= 4 is 24.0 Å². The molecule has 1 atom stereocenters. The Bertz CT molecular complexity index is 389. The van der Waals surface area contributed by atoms with Crippen molar-refractivity contribution < 1.29 is 4.39 Å². The molecule has 2 N–H and O–H groups in total. The summed E-state index contributed by atoms with van der Waals surface area (Å²) in [6.07, 6.45) is 4.57. The molecular formula is C13H18Cl2FN. The highest BCUT2D eigenvalue weighted by Crippen LogP contribution is 2.38. The Morgan fingerprint density at radius 2 is 1.94 bits per heavy atom. The van der Waals surface area contributed by atoms with Gasteiger partial charge < -0.3 is 5.73 Å². The minimum Gasteiger partial charge on any atom is -0.324 e. The highest BCUT2D eigenvalue weighted by molar-refractivity contribution is 6.31. The standard InChI is InChI=1S/C13H17ClFN.ClH/c1-8-6-7-10(14)11(12(8)15)13(16)9-4-2-3-5-9;/h6-7,9,13H,2-5,16H2,1H3;1H/t13-;/m1./s1. The van der Waals surface area contributed by atoms with Gasteiger partial charge in [0.05, 0.1) is 0 Å². The molecule has 17 heavy (non-hydrogen) atoms. The van der Waals surface area contributed by atoms with Crippen LogP contribution in [0.15, 0.2) is 12.1 Å². The van der Waals surface area contributed by atoms with Gasteiger partial charge in [-0.2, -0.15) is 0 Å². The molecule has 1 aromatic rings. The predicted molar refractivity (Wildman–Crippen MR) is 72.3 cm³/mol. The minimum atomic E-state index is -0.255. The van der Waals surface area contributed by atoms with Crippen LogP contribution >= 0.6 is 24.0 Å². The van der Waals surface area contributed by atoms with Crippen LogP contribution in [0.3, 0.4) is 0 Å². The first-order valence-electron chi connectivity index (χ1n) is 5.81. The molecule has 1 nitrogen and oxygen atoms in total. The summed E-state index contributed by atoms with van der Waals surface area (Å²) in [6, 6.07) is 3.18. The number of halogens is 3. The average Bonchev–Trinajstić information content (AvgIpc) is 2.77. The topological polar surface area (TPSA) is 26.0 Å². The Labute approximate surface area is 113 Å². The molecule has 1 aliphatic rings. The van der Waals surface area contributed by atoms with E-state index in [0.29, 0.717) is 22.1 Å². The zero-order valence-corrected chi connectivity index (χ0v) is 11.5. The van der Waals surface area contributed by atoms with Crippen LogP contribution in [0.1, 0.15) is 42.9 Å². The second-order valence-corrected chi connectivity index (χ2v) is 5.07. The molecule has 0 bridgehead atoms. The number of benzene rings is 1. The molecule has 0 amide bonds. The summed E-state index contributed by atoms with van der Waals surface area (Å²) in [6.45, 7) is 1.75. The van der Waals surface area contributed by atoms with Crippen molar-refractivity contribution in [2.24, 2.45) is 11.7 Å². The first kappa shape index (κ1) is 14.7. The molecule has 0 aliphatic heterocycles. The lowest BCUT2D eigenvalue weighted by Crippen LogP contribution is -2.21. The molecule has 1 aliphatic carbocycles. The molecule has 1 aromatic carbocycles. The van der Waals surface area contributed by atoms with Crippen molar-refractivity contribution in [2.75, 3.05) is 0 Å². The van der Waals surface area contributed by atoms with E-state index in [1.165, 1.54) is 12.8 Å². The highest BCUT2D eigenvalue weighted by atomic mass is 35.5. The van der Waals surface area contributed by atoms with Gasteiger partial charge in [0.2, 0.25) is 0 Å². The second-order valence-electron chi connectivity index (χ2n) is 4.66. The second kappa shape index (κ2) is 6.03. The summed E-state index contributed by atoms with van der Waals surface area (Å²) in [5.74, 6) is 0.153. The van der Waals surface area contributed by atoms with Crippen LogP contribution in [-0.2, 0) is 0 Å². The highest BCUT2D eigenvalue weighted by Gasteiger charge is 2.27. The lowest BCUT2D eigenvalue weighted by molar-refractivity contribution is 0.428. The summed E-state index contributed by atoms with van der Waals surface area (Å²) in [5, 5.41) is 0.461. The third kappa shape index (κ3) is 2.93. The van der Waals surface area contributed by atoms with E-state index in [1.54, 1.807) is 19.1 Å². The van der Waals surface area contributed by atoms with Crippen molar-refractivity contribution in [1.82, 2.24) is 0 Å². The quantitative estimate of drug-likeness (QED) is 0.852. The van der Waals surface area contributed by atoms with E-state index in [4.69, 9.17) is 17.3 Å². The van der Waals surface area contributed by atoms with Gasteiger partial charge in [0.1, 0.15) is 5.82 Å². The van der Waals surface area contributed by atoms with Gasteiger partial charge in [-0.3, -0.25) is 0 Å². The van der Waals surface area contributed by atoms with E-state index in [0.717, 1.165) is 12.8 Å². The molecule has 0 spiro atoms. The van der Waals surface area contributed by atoms with Gasteiger partial charge in [-0.25, -0.2) is 4.39 Å². The molecule has 2 rings (SSSR count). The Morgan fingerprint density at radius 3 is 2.53 bits per heavy atom. The van der Waals surface area contributed by atoms with Crippen molar-refractivity contribution in [2.45, 2.75) is 38.6 Å². The number of hydrogen-bond donors (Lipinski definition) is 1. The third-order valence-electron chi connectivity index (χ3n) is 3.56. The van der Waals surface area contributed by atoms with Gasteiger partial charge in [0.25, 0.3) is 0 Å². The maximum Gasteiger partial charge on any atom is 0.132 e. The summed E-state index contributed by atoms with van der Waals surface area (Å²) < 4.78 is 14.0. The van der Waals surface area contributed by atoms with Crippen LogP contribution in [0.5, 0.6) is 0 Å². The average molecular weight is 278 g/mol. The molecule has 0 unspecified atom stereocenters. The van der Waals surface area contributed by atoms with Crippen LogP contribution in [-0.4, -0.2) is 0 Å². The fourth-order valence-corrected chi connectivity index (χ4v) is 2.81. The molecule has 4 heteroatoms. The smallest absolute Gasteiger partial charge is 0.132 e. The van der Waals surface area contributed by atoms with Crippen molar-refractivity contribution in [3.05, 3.63) is 34.1 Å². The molecule has 0 radical (unpaired) electrons. The molecule has 0 aromatic heterocycles. The zero-order chi connectivity index (χ0) is 11.7. The molecule has 1 fully saturated rings. The summed E-state index contributed by atoms with van der Waals surface area (Å²) in [7, 11) is 0. The van der Waals surface area contributed by atoms with E-state index in [1.807, 2.05) is 0 Å². The van der Waals surface area contributed by atoms with Gasteiger partial charge in [0.15, 0.2) is 0 Å². The maximum atomic E-state index is 14.0. The molecule has 96 valence electrons. The van der Waals surface area contributed by atoms with E-state index in [9.17, 15) is 4.39 Å². The van der Waals surface area contributed by atoms with E-state index in [2.05, 4.69) is 0 Å². The monoisotopic (exact) mass is 277 g/mol. The summed E-state index contributed by atoms with van der Waals surface area (Å²) >= 11 is 6.05. The fourth-order valence-electron chi connectivity index (χ4n) is 2.54. The van der Waals surface area contributed by atoms with E-state index in [-0.39, 0.29) is 24.3 Å². The first-order valence-corrected chi connectivity index (χ1v) is 6.19. The van der Waals surface area contributed by atoms with Crippen LogP contribution in [0.2, 0.25) is 5.02 Å². The lowest BCUT2D eigenvalue weighted by Gasteiger charge is -2.21. The van der Waals surface area contributed by atoms with Crippen LogP contribution in [0.4, 0.5) is 4.39 Å². The Kier molecular flexibility index (Phi) is 5.23. The van der Waals surface area contributed by atoms with Gasteiger partial charge in [-0.15, -0.1) is 12.4 Å². The first-order chi connectivity index (χ1) is 7.61. The molecule has 0 saturated heterocycles. The van der Waals surface area contributed by atoms with Crippen molar-refractivity contribution in [1.29, 1.82) is 0 Å². The Balaban J connectivity index is 0.00000144. The van der Waals surface area contributed by atoms with Gasteiger partial charge in [0, 0.05) is 16.6 Å². The molecule has 0 heterocycles. The van der Waals surface area contributed by atoms with Crippen molar-refractivity contribution in [3.63, 3.8) is 0 Å². The number of rotatable bonds is 2. The van der Waals surface area contributed by atoms with Crippen LogP contribution in [0, 0.1) is 18.7 Å². The summed E-state index contributed by atoms with van der Waals surface area (Å²) in [4.78, 5) is 0. The van der Waals surface area contributed by atoms with Crippen LogP contribution in [0.25, 0.3) is 0 Å². The number of aryl methyl sites for hydroxylation is 1. The Hall–Kier alpha value is -0.310. The van der Waals surface area contributed by atoms with E-state index < -0.39 is 0 Å². The summed E-state index contributed by atoms with van der Waals surface area (Å²) in [5.41, 5.74) is 7.27. The zero-order valence-electron chi connectivity index (χ0n) is 9.88. The predicted octanol–water partition coefficient (Wildman–Crippen LogP) is 4.40. The Morgan fingerprint density at radius 1 is 1.35 bits per heavy atom. The van der Waals surface area contributed by atoms with E-state index >= 15 is 0 Å².